The van der Waals surface area contributed by atoms with E-state index in [2.05, 4.69) is 79.4 Å². The number of fused-ring (bicyclic) bond motifs is 6. The zero-order valence-corrected chi connectivity index (χ0v) is 86.6. The first kappa shape index (κ1) is 115. The standard InChI is InChI=1S/C103H133N19O26S2/c1-60(82(104)128)105-91(137)78-56-146-55-68-54-121(119-118-68)41-24-20-33-70-88(134)117-102(96(143)112-72(49-65-35-45-149-57-65)85(131)110-76(93(140)148-78)50-67-58-150-79-34-19-18-32-69(67)79)40-43-120(59-102)98(145)147-44-25-14-10-9-11-21-36-101(37-22-12-13-23-38-103(39-27-42-122(103)62(3)123)97(144)114-75(52-81(126)127)87(133)111-77(90(136)116-101)53-99(4,5)6)95(142)113-74(51-80(124)125)86(132)109-73(48-64-30-26-31-66(46-64)92(138)139)89(135)115-100(7,8)94(141)106-61(2)83(129)108-71(84(130)107-70)47-63-28-16-15-17-29-63/h9-10,13,15-19,23,26,28-32,34-35,45-46,54,57-58,60-61,70-78H,11-12,14,20-22,24-25,27,33,36-44,47-53,55-56,59H2,1-8H3,(H2,104,128)(H,105,137)(H,106,141)(H,107,130)(H,108,129)(H,109,132)(H,110,131)(H,111,133)(H,112,143)(H,113,142)(H,114,144)(H,115,135)(H,116,136)(H,117,134)(H,124,125)(H,126,127)(H,138,139)/b10-9-,23-13-/t60-,61-,70-,71-,72-,73-,74-,75-,76-,77-,78-,101-,102-,103-/m0/s1. The van der Waals surface area contributed by atoms with Gasteiger partial charge >= 0.3 is 30.0 Å². The van der Waals surface area contributed by atoms with Crippen LogP contribution in [0.25, 0.3) is 10.1 Å². The third-order valence-corrected chi connectivity index (χ3v) is 28.4. The smallest absolute Gasteiger partial charge is 0.409 e. The maximum atomic E-state index is 16.2. The molecule has 6 aromatic rings. The number of nitrogens with two attached hydrogens (primary N) is 1. The van der Waals surface area contributed by atoms with Crippen LogP contribution in [0.4, 0.5) is 4.79 Å². The summed E-state index contributed by atoms with van der Waals surface area (Å²) in [5.74, 6) is -21.0. The number of carboxylic acid groups (broad SMARTS) is 3. The van der Waals surface area contributed by atoms with Crippen LogP contribution >= 0.6 is 22.7 Å². The van der Waals surface area contributed by atoms with Crippen LogP contribution in [0.5, 0.6) is 0 Å². The highest BCUT2D eigenvalue weighted by Gasteiger charge is 2.53. The van der Waals surface area contributed by atoms with Crippen LogP contribution in [0, 0.1) is 5.41 Å². The minimum Gasteiger partial charge on any atom is -0.481 e. The number of nitrogens with zero attached hydrogens (tertiary/aromatic N) is 5. The average Bonchev–Trinajstić information content (AvgIpc) is 1.63. The Morgan fingerprint density at radius 3 is 1.83 bits per heavy atom. The van der Waals surface area contributed by atoms with Gasteiger partial charge in [0.1, 0.15) is 88.3 Å². The van der Waals surface area contributed by atoms with Gasteiger partial charge in [-0.25, -0.2) is 14.4 Å². The first-order valence-electron chi connectivity index (χ1n) is 50.0. The summed E-state index contributed by atoms with van der Waals surface area (Å²) in [4.78, 5) is 296. The molecule has 45 nitrogen and oxygen atoms in total. The van der Waals surface area contributed by atoms with Crippen molar-refractivity contribution in [3.8, 4) is 0 Å². The number of likely N-dealkylation sites (tertiary alicyclic amines) is 1. The van der Waals surface area contributed by atoms with Crippen molar-refractivity contribution in [2.75, 3.05) is 32.8 Å². The number of carbonyl (C=O) groups is 20. The van der Waals surface area contributed by atoms with Crippen LogP contribution in [0.15, 0.2) is 132 Å². The molecule has 808 valence electrons. The molecule has 16 amide bonds. The molecule has 5 aliphatic rings. The molecule has 0 saturated carbocycles. The lowest BCUT2D eigenvalue weighted by atomic mass is 9.83. The molecule has 14 atom stereocenters. The molecule has 47 heteroatoms. The molecule has 18 N–H and O–H groups in total. The Balaban J connectivity index is 0.980. The molecule has 11 rings (SSSR count). The maximum Gasteiger partial charge on any atom is 0.409 e. The molecule has 0 radical (unpaired) electrons. The number of nitrogens with one attached hydrogen (secondary N) is 13. The summed E-state index contributed by atoms with van der Waals surface area (Å²) >= 11 is 2.59. The Labute approximate surface area is 873 Å². The van der Waals surface area contributed by atoms with Gasteiger partial charge in [0.15, 0.2) is 0 Å². The first-order valence-corrected chi connectivity index (χ1v) is 51.8. The summed E-state index contributed by atoms with van der Waals surface area (Å²) in [5, 5.41) is 80.2. The summed E-state index contributed by atoms with van der Waals surface area (Å²) in [5.41, 5.74) is -1.94. The predicted octanol–water partition coefficient (Wildman–Crippen LogP) is 3.07. The molecule has 150 heavy (non-hydrogen) atoms. The van der Waals surface area contributed by atoms with Crippen molar-refractivity contribution in [2.24, 2.45) is 11.1 Å². The number of esters is 1. The summed E-state index contributed by atoms with van der Waals surface area (Å²) in [6.07, 6.45) is 1.45. The van der Waals surface area contributed by atoms with E-state index in [-0.39, 0.29) is 165 Å². The maximum absolute atomic E-state index is 16.2. The second-order valence-electron chi connectivity index (χ2n) is 40.2. The van der Waals surface area contributed by atoms with E-state index < -0.39 is 245 Å². The van der Waals surface area contributed by atoms with Crippen LogP contribution < -0.4 is 74.9 Å². The summed E-state index contributed by atoms with van der Waals surface area (Å²) in [6.45, 7) is 9.41. The van der Waals surface area contributed by atoms with Gasteiger partial charge < -0.3 is 114 Å². The SMILES string of the molecule is CC(=O)N1CCC[C@]12C/C=C\CCC[C@]1(CCC/C=C\CCCOC(=O)N3CC[C@@]4(C3)NC(=O)[C@H](CCCCn3cc(nn3)COC[C@@H](C(=O)N[C@@H](C)C(N)=O)OC(=O)[C@H](Cc3csc5ccccc35)NC(=O)[C@H](Cc3ccsc3)NC4=O)NC(=O)[C@H](Cc3ccccc3)NC(=O)[C@H](C)NC(=O)C(C)(C)NC(=O)[C@H](Cc3cccc(C(=O)O)c3)NC(=O)[C@H](CC(=O)O)NC1=O)NC(=O)[C@H](CC(C)(C)C)NC(=O)[C@H](CC(=O)O)NC2=O. The van der Waals surface area contributed by atoms with Crippen molar-refractivity contribution >= 4 is 151 Å². The Hall–Kier alpha value is -14.9. The molecule has 2 saturated heterocycles. The van der Waals surface area contributed by atoms with Gasteiger partial charge in [0.25, 0.3) is 5.91 Å². The molecule has 3 aromatic carbocycles. The van der Waals surface area contributed by atoms with Gasteiger partial charge in [-0.05, 0) is 204 Å². The number of cyclic esters (lactones) is 2. The van der Waals surface area contributed by atoms with Crippen LogP contribution in [0.3, 0.4) is 0 Å². The number of ether oxygens (including phenoxy) is 3. The number of carboxylic acids is 3. The predicted molar refractivity (Wildman–Crippen MR) is 543 cm³/mol. The van der Waals surface area contributed by atoms with Crippen molar-refractivity contribution < 1.29 is 125 Å². The number of hydrogen-bond donors (Lipinski definition) is 17. The van der Waals surface area contributed by atoms with Gasteiger partial charge in [0.2, 0.25) is 88.8 Å². The topological polar surface area (TPSA) is 649 Å². The molecule has 3 aromatic heterocycles. The summed E-state index contributed by atoms with van der Waals surface area (Å²) in [6, 6.07) is 5.31. The van der Waals surface area contributed by atoms with Crippen LogP contribution in [-0.4, -0.2) is 280 Å². The highest BCUT2D eigenvalue weighted by molar-refractivity contribution is 7.17. The fourth-order valence-corrected chi connectivity index (χ4v) is 20.1. The van der Waals surface area contributed by atoms with E-state index in [9.17, 15) is 68.1 Å². The van der Waals surface area contributed by atoms with E-state index in [0.717, 1.165) is 9.60 Å². The number of allylic oxidation sites excluding steroid dienone is 3. The van der Waals surface area contributed by atoms with E-state index in [0.29, 0.717) is 28.5 Å². The molecular formula is C103H133N19O26S2. The lowest BCUT2D eigenvalue weighted by Gasteiger charge is -2.38. The Kier molecular flexibility index (Phi) is 40.6. The second kappa shape index (κ2) is 52.8. The number of primary amides is 1. The van der Waals surface area contributed by atoms with Crippen LogP contribution in [0.2, 0.25) is 0 Å². The third-order valence-electron chi connectivity index (χ3n) is 26.7. The molecule has 0 unspecified atom stereocenters. The first-order chi connectivity index (χ1) is 71.2. The van der Waals surface area contributed by atoms with E-state index in [4.69, 9.17) is 19.9 Å². The number of aliphatic carboxylic acids is 2. The van der Waals surface area contributed by atoms with E-state index in [1.807, 2.05) is 12.1 Å². The molecule has 5 aliphatic heterocycles. The lowest BCUT2D eigenvalue weighted by molar-refractivity contribution is -0.163. The Morgan fingerprint density at radius 1 is 0.567 bits per heavy atom. The van der Waals surface area contributed by atoms with Crippen LogP contribution in [-0.2, 0) is 139 Å². The van der Waals surface area contributed by atoms with E-state index >= 15 is 43.2 Å². The number of aromatic nitrogens is 3. The van der Waals surface area contributed by atoms with Crippen molar-refractivity contribution in [1.29, 1.82) is 0 Å². The van der Waals surface area contributed by atoms with Crippen molar-refractivity contribution in [3.05, 3.63) is 165 Å². The number of thiophene rings is 2. The second-order valence-corrected chi connectivity index (χ2v) is 41.9. The Bertz CT molecular complexity index is 6000. The number of hydrogen-bond acceptors (Lipinski definition) is 27. The third kappa shape index (κ3) is 32.3. The molecule has 5 bridgehead atoms. The summed E-state index contributed by atoms with van der Waals surface area (Å²) in [7, 11) is 0. The van der Waals surface area contributed by atoms with Gasteiger partial charge in [-0.2, -0.15) is 11.3 Å². The lowest BCUT2D eigenvalue weighted by Crippen LogP contribution is -2.66. The summed E-state index contributed by atoms with van der Waals surface area (Å²) < 4.78 is 20.1. The molecule has 3 spiro atoms. The number of carbonyl (C=O) groups excluding carboxylic acids is 17. The van der Waals surface area contributed by atoms with Gasteiger partial charge in [0.05, 0.1) is 51.0 Å². The fourth-order valence-electron chi connectivity index (χ4n) is 18.5. The fraction of sp³-hybridized carbons (Fsp3) is 0.515. The number of aromatic carboxylic acids is 1. The quantitative estimate of drug-likeness (QED) is 0.0461. The van der Waals surface area contributed by atoms with Gasteiger partial charge in [0, 0.05) is 56.9 Å². The van der Waals surface area contributed by atoms with Gasteiger partial charge in [-0.3, -0.25) is 86.2 Å². The highest BCUT2D eigenvalue weighted by Crippen LogP contribution is 2.36. The number of amides is 16. The Morgan fingerprint density at radius 2 is 1.16 bits per heavy atom. The minimum atomic E-state index is -2.24. The number of rotatable bonds is 17. The number of aryl methyl sites for hydroxylation is 1. The largest absolute Gasteiger partial charge is 0.481 e. The van der Waals surface area contributed by atoms with Gasteiger partial charge in [-0.15, -0.1) is 16.4 Å². The number of benzene rings is 3. The highest BCUT2D eigenvalue weighted by atomic mass is 32.1. The molecular weight excluding hydrogens is 1980 g/mol. The normalized spacial score (nSPS) is 26.3. The van der Waals surface area contributed by atoms with Gasteiger partial charge in [-0.1, -0.05) is 111 Å². The zero-order chi connectivity index (χ0) is 109. The molecule has 2 fully saturated rings. The monoisotopic (exact) mass is 2120 g/mol. The van der Waals surface area contributed by atoms with Crippen molar-refractivity contribution in [1.82, 2.24) is 93.9 Å². The average molecular weight is 2120 g/mol. The van der Waals surface area contributed by atoms with Crippen LogP contribution in [0.1, 0.15) is 209 Å². The van der Waals surface area contributed by atoms with E-state index in [1.165, 1.54) is 97.3 Å². The van der Waals surface area contributed by atoms with Crippen molar-refractivity contribution in [2.45, 2.75) is 298 Å². The minimum absolute atomic E-state index is 0.00353. The molecule has 0 aliphatic carbocycles. The molecule has 8 heterocycles. The zero-order valence-electron chi connectivity index (χ0n) is 84.9. The van der Waals surface area contributed by atoms with E-state index in [1.54, 1.807) is 110 Å². The van der Waals surface area contributed by atoms with Crippen molar-refractivity contribution in [3.63, 3.8) is 0 Å².